The van der Waals surface area contributed by atoms with Crippen molar-refractivity contribution in [1.82, 2.24) is 14.3 Å². The number of carbonyl (C=O) groups is 1. The molecule has 8 nitrogen and oxygen atoms in total. The van der Waals surface area contributed by atoms with Gasteiger partial charge in [0.2, 0.25) is 10.0 Å². The number of aromatic nitrogens is 2. The van der Waals surface area contributed by atoms with Crippen molar-refractivity contribution in [1.29, 1.82) is 0 Å². The molecule has 1 aromatic heterocycles. The molecule has 1 fully saturated rings. The van der Waals surface area contributed by atoms with Crippen LogP contribution in [0.3, 0.4) is 0 Å². The number of amides is 1. The molecular weight excluding hydrogens is 418 g/mol. The number of anilines is 1. The number of imidazole rings is 1. The van der Waals surface area contributed by atoms with Gasteiger partial charge >= 0.3 is 0 Å². The Morgan fingerprint density at radius 1 is 1.17 bits per heavy atom. The molecule has 2 heterocycles. The maximum absolute atomic E-state index is 13.4. The molecule has 3 aromatic rings. The standard InChI is InChI=1S/C19H18F2N4O4S/c20-15-2-1-11(7-16(15)21)24-19(27)14-8-13(9-17-18(14)23-10-22-17)30(28,29)25-5-3-12(26)4-6-25/h1-2,7-10,12,26H,3-6H2,(H,22,23)(H,24,27). The number of aromatic amines is 1. The van der Waals surface area contributed by atoms with Crippen LogP contribution in [0.2, 0.25) is 0 Å². The maximum atomic E-state index is 13.4. The minimum atomic E-state index is -3.92. The van der Waals surface area contributed by atoms with Gasteiger partial charge in [0.05, 0.1) is 33.9 Å². The summed E-state index contributed by atoms with van der Waals surface area (Å²) >= 11 is 0. The predicted octanol–water partition coefficient (Wildman–Crippen LogP) is 2.24. The Balaban J connectivity index is 1.70. The van der Waals surface area contributed by atoms with Gasteiger partial charge in [-0.15, -0.1) is 0 Å². The molecule has 0 bridgehead atoms. The third-order valence-corrected chi connectivity index (χ3v) is 6.86. The van der Waals surface area contributed by atoms with Crippen LogP contribution in [0.1, 0.15) is 23.2 Å². The number of fused-ring (bicyclic) bond motifs is 1. The van der Waals surface area contributed by atoms with Crippen LogP contribution >= 0.6 is 0 Å². The van der Waals surface area contributed by atoms with Crippen molar-refractivity contribution in [3.8, 4) is 0 Å². The van der Waals surface area contributed by atoms with Gasteiger partial charge in [0.1, 0.15) is 0 Å². The Labute approximate surface area is 170 Å². The first-order valence-corrected chi connectivity index (χ1v) is 10.6. The van der Waals surface area contributed by atoms with E-state index in [4.69, 9.17) is 0 Å². The fourth-order valence-electron chi connectivity index (χ4n) is 3.35. The van der Waals surface area contributed by atoms with Gasteiger partial charge in [0.25, 0.3) is 5.91 Å². The number of aliphatic hydroxyl groups is 1. The molecule has 1 saturated heterocycles. The first-order valence-electron chi connectivity index (χ1n) is 9.17. The van der Waals surface area contributed by atoms with E-state index in [9.17, 15) is 27.1 Å². The highest BCUT2D eigenvalue weighted by molar-refractivity contribution is 7.89. The lowest BCUT2D eigenvalue weighted by molar-refractivity contribution is 0.102. The Morgan fingerprint density at radius 2 is 1.90 bits per heavy atom. The lowest BCUT2D eigenvalue weighted by Gasteiger charge is -2.28. The molecule has 1 amide bonds. The summed E-state index contributed by atoms with van der Waals surface area (Å²) in [6, 6.07) is 5.48. The maximum Gasteiger partial charge on any atom is 0.257 e. The second-order valence-electron chi connectivity index (χ2n) is 6.99. The lowest BCUT2D eigenvalue weighted by atomic mass is 10.1. The second kappa shape index (κ2) is 7.74. The molecule has 0 unspecified atom stereocenters. The number of aliphatic hydroxyl groups excluding tert-OH is 1. The number of nitrogens with zero attached hydrogens (tertiary/aromatic N) is 2. The number of H-pyrrole nitrogens is 1. The van der Waals surface area contributed by atoms with Crippen LogP contribution in [0, 0.1) is 11.6 Å². The van der Waals surface area contributed by atoms with Crippen LogP contribution in [0.4, 0.5) is 14.5 Å². The summed E-state index contributed by atoms with van der Waals surface area (Å²) in [5, 5.41) is 12.1. The predicted molar refractivity (Wildman–Crippen MR) is 104 cm³/mol. The molecule has 11 heteroatoms. The van der Waals surface area contributed by atoms with Crippen molar-refractivity contribution < 1.29 is 27.1 Å². The fraction of sp³-hybridized carbons (Fsp3) is 0.263. The summed E-state index contributed by atoms with van der Waals surface area (Å²) in [4.78, 5) is 19.5. The van der Waals surface area contributed by atoms with Crippen LogP contribution < -0.4 is 5.32 Å². The normalized spacial score (nSPS) is 16.1. The van der Waals surface area contributed by atoms with E-state index in [2.05, 4.69) is 15.3 Å². The number of nitrogens with one attached hydrogen (secondary N) is 2. The quantitative estimate of drug-likeness (QED) is 0.580. The average molecular weight is 436 g/mol. The molecule has 0 saturated carbocycles. The number of halogens is 2. The van der Waals surface area contributed by atoms with Crippen molar-refractivity contribution in [3.63, 3.8) is 0 Å². The molecule has 2 aromatic carbocycles. The number of sulfonamides is 1. The van der Waals surface area contributed by atoms with Gasteiger partial charge in [0.15, 0.2) is 11.6 Å². The summed E-state index contributed by atoms with van der Waals surface area (Å²) in [5.74, 6) is -2.88. The molecule has 3 N–H and O–H groups in total. The summed E-state index contributed by atoms with van der Waals surface area (Å²) in [6.45, 7) is 0.330. The van der Waals surface area contributed by atoms with E-state index in [-0.39, 0.29) is 34.8 Å². The summed E-state index contributed by atoms with van der Waals surface area (Å²) in [6.07, 6.45) is 1.44. The smallest absolute Gasteiger partial charge is 0.257 e. The van der Waals surface area contributed by atoms with E-state index >= 15 is 0 Å². The lowest BCUT2D eigenvalue weighted by Crippen LogP contribution is -2.40. The van der Waals surface area contributed by atoms with Crippen LogP contribution in [0.25, 0.3) is 11.0 Å². The van der Waals surface area contributed by atoms with Gasteiger partial charge in [-0.2, -0.15) is 4.31 Å². The minimum absolute atomic E-state index is 0.00893. The number of carbonyl (C=O) groups excluding carboxylic acids is 1. The number of rotatable bonds is 4. The van der Waals surface area contributed by atoms with Gasteiger partial charge in [-0.3, -0.25) is 4.79 Å². The molecule has 0 spiro atoms. The third-order valence-electron chi connectivity index (χ3n) is 4.99. The largest absolute Gasteiger partial charge is 0.393 e. The zero-order valence-corrected chi connectivity index (χ0v) is 16.4. The Kier molecular flexibility index (Phi) is 5.26. The van der Waals surface area contributed by atoms with Crippen molar-refractivity contribution in [3.05, 3.63) is 53.9 Å². The van der Waals surface area contributed by atoms with Crippen molar-refractivity contribution in [2.75, 3.05) is 18.4 Å². The van der Waals surface area contributed by atoms with E-state index in [0.29, 0.717) is 18.4 Å². The zero-order valence-electron chi connectivity index (χ0n) is 15.6. The van der Waals surface area contributed by atoms with E-state index < -0.39 is 33.7 Å². The highest BCUT2D eigenvalue weighted by atomic mass is 32.2. The van der Waals surface area contributed by atoms with Crippen LogP contribution in [0.5, 0.6) is 0 Å². The van der Waals surface area contributed by atoms with E-state index in [1.165, 1.54) is 28.8 Å². The first-order chi connectivity index (χ1) is 14.3. The summed E-state index contributed by atoms with van der Waals surface area (Å²) in [5.41, 5.74) is 0.585. The molecule has 158 valence electrons. The first kappa shape index (κ1) is 20.4. The minimum Gasteiger partial charge on any atom is -0.393 e. The molecule has 1 aliphatic heterocycles. The number of benzene rings is 2. The van der Waals surface area contributed by atoms with Crippen molar-refractivity contribution >= 4 is 32.7 Å². The average Bonchev–Trinajstić information content (AvgIpc) is 3.19. The SMILES string of the molecule is O=C(Nc1ccc(F)c(F)c1)c1cc(S(=O)(=O)N2CCC(O)CC2)cc2nc[nH]c12. The topological polar surface area (TPSA) is 115 Å². The number of hydrogen-bond acceptors (Lipinski definition) is 5. The molecule has 30 heavy (non-hydrogen) atoms. The highest BCUT2D eigenvalue weighted by Crippen LogP contribution is 2.27. The van der Waals surface area contributed by atoms with Crippen LogP contribution in [-0.2, 0) is 10.0 Å². The number of piperidine rings is 1. The summed E-state index contributed by atoms with van der Waals surface area (Å²) < 4.78 is 53.9. The second-order valence-corrected chi connectivity index (χ2v) is 8.92. The van der Waals surface area contributed by atoms with E-state index in [1.807, 2.05) is 0 Å². The summed E-state index contributed by atoms with van der Waals surface area (Å²) in [7, 11) is -3.92. The van der Waals surface area contributed by atoms with Gasteiger partial charge in [0, 0.05) is 24.8 Å². The van der Waals surface area contributed by atoms with Gasteiger partial charge in [-0.1, -0.05) is 0 Å². The Bertz CT molecular complexity index is 1220. The third kappa shape index (κ3) is 3.78. The fourth-order valence-corrected chi connectivity index (χ4v) is 4.87. The van der Waals surface area contributed by atoms with Gasteiger partial charge in [-0.25, -0.2) is 22.2 Å². The molecule has 0 radical (unpaired) electrons. The van der Waals surface area contributed by atoms with E-state index in [1.54, 1.807) is 0 Å². The zero-order chi connectivity index (χ0) is 21.5. The van der Waals surface area contributed by atoms with Crippen LogP contribution in [0.15, 0.2) is 41.6 Å². The van der Waals surface area contributed by atoms with Crippen LogP contribution in [-0.4, -0.2) is 52.9 Å². The van der Waals surface area contributed by atoms with Crippen molar-refractivity contribution in [2.24, 2.45) is 0 Å². The van der Waals surface area contributed by atoms with Gasteiger partial charge in [-0.05, 0) is 37.1 Å². The monoisotopic (exact) mass is 436 g/mol. The number of hydrogen-bond donors (Lipinski definition) is 3. The van der Waals surface area contributed by atoms with E-state index in [0.717, 1.165) is 12.1 Å². The Hall–Kier alpha value is -2.89. The molecule has 0 aliphatic carbocycles. The molecule has 4 rings (SSSR count). The Morgan fingerprint density at radius 3 is 2.60 bits per heavy atom. The molecular formula is C19H18F2N4O4S. The van der Waals surface area contributed by atoms with Gasteiger partial charge < -0.3 is 15.4 Å². The molecule has 0 atom stereocenters. The van der Waals surface area contributed by atoms with Crippen molar-refractivity contribution in [2.45, 2.75) is 23.8 Å². The highest BCUT2D eigenvalue weighted by Gasteiger charge is 2.30. The molecule has 1 aliphatic rings.